The molecule has 1 aliphatic carbocycles. The SMILES string of the molecule is CN(C)Cc1c(/C=C2/C(=O)NN=C2c2cccnn2)[nH]c2c1CCCC2. The van der Waals surface area contributed by atoms with Crippen molar-refractivity contribution in [1.82, 2.24) is 25.5 Å². The number of H-pyrrole nitrogens is 1. The van der Waals surface area contributed by atoms with E-state index in [0.29, 0.717) is 17.0 Å². The normalized spacial score (nSPS) is 18.2. The summed E-state index contributed by atoms with van der Waals surface area (Å²) in [5, 5.41) is 12.1. The van der Waals surface area contributed by atoms with Crippen LogP contribution in [-0.4, -0.2) is 45.8 Å². The number of fused-ring (bicyclic) bond motifs is 1. The third-order valence-corrected chi connectivity index (χ3v) is 4.79. The van der Waals surface area contributed by atoms with Crippen molar-refractivity contribution in [2.45, 2.75) is 32.2 Å². The number of carbonyl (C=O) groups is 1. The maximum Gasteiger partial charge on any atom is 0.273 e. The monoisotopic (exact) mass is 350 g/mol. The van der Waals surface area contributed by atoms with Gasteiger partial charge in [-0.1, -0.05) is 0 Å². The predicted molar refractivity (Wildman–Crippen MR) is 99.5 cm³/mol. The van der Waals surface area contributed by atoms with Crippen LogP contribution in [0.1, 0.15) is 41.1 Å². The Morgan fingerprint density at radius 3 is 2.88 bits per heavy atom. The molecular formula is C19H22N6O. The fourth-order valence-electron chi connectivity index (χ4n) is 3.63. The molecule has 0 saturated heterocycles. The minimum absolute atomic E-state index is 0.214. The summed E-state index contributed by atoms with van der Waals surface area (Å²) in [6.45, 7) is 0.837. The number of rotatable bonds is 4. The van der Waals surface area contributed by atoms with Crippen molar-refractivity contribution in [1.29, 1.82) is 0 Å². The van der Waals surface area contributed by atoms with Gasteiger partial charge in [-0.05, 0) is 69.1 Å². The molecule has 0 saturated carbocycles. The molecule has 7 nitrogen and oxygen atoms in total. The molecule has 2 aromatic rings. The smallest absolute Gasteiger partial charge is 0.273 e. The highest BCUT2D eigenvalue weighted by molar-refractivity contribution is 6.32. The molecule has 2 N–H and O–H groups in total. The van der Waals surface area contributed by atoms with E-state index in [4.69, 9.17) is 0 Å². The molecule has 3 heterocycles. The highest BCUT2D eigenvalue weighted by atomic mass is 16.2. The van der Waals surface area contributed by atoms with E-state index >= 15 is 0 Å². The van der Waals surface area contributed by atoms with E-state index < -0.39 is 0 Å². The van der Waals surface area contributed by atoms with Gasteiger partial charge in [-0.15, -0.1) is 5.10 Å². The minimum atomic E-state index is -0.214. The summed E-state index contributed by atoms with van der Waals surface area (Å²) >= 11 is 0. The Kier molecular flexibility index (Phi) is 4.38. The van der Waals surface area contributed by atoms with E-state index in [0.717, 1.165) is 25.1 Å². The third-order valence-electron chi connectivity index (χ3n) is 4.79. The van der Waals surface area contributed by atoms with Crippen molar-refractivity contribution < 1.29 is 4.79 Å². The number of hydrazone groups is 1. The summed E-state index contributed by atoms with van der Waals surface area (Å²) in [5.41, 5.74) is 9.17. The number of hydrogen-bond donors (Lipinski definition) is 2. The highest BCUT2D eigenvalue weighted by Crippen LogP contribution is 2.30. The van der Waals surface area contributed by atoms with Gasteiger partial charge in [-0.3, -0.25) is 4.79 Å². The van der Waals surface area contributed by atoms with Crippen LogP contribution in [-0.2, 0) is 24.2 Å². The lowest BCUT2D eigenvalue weighted by molar-refractivity contribution is -0.116. The zero-order chi connectivity index (χ0) is 18.1. The van der Waals surface area contributed by atoms with Gasteiger partial charge >= 0.3 is 0 Å². The molecule has 0 spiro atoms. The largest absolute Gasteiger partial charge is 0.358 e. The standard InChI is InChI=1S/C19H22N6O/c1-25(2)11-14-12-6-3-4-7-15(12)21-17(14)10-13-18(23-24-19(13)26)16-8-5-9-20-22-16/h5,8-10,21H,3-4,6-7,11H2,1-2H3,(H,24,26)/b13-10+. The van der Waals surface area contributed by atoms with Crippen molar-refractivity contribution in [3.05, 3.63) is 52.1 Å². The number of aromatic amines is 1. The number of hydrogen-bond acceptors (Lipinski definition) is 5. The van der Waals surface area contributed by atoms with Crippen LogP contribution >= 0.6 is 0 Å². The zero-order valence-electron chi connectivity index (χ0n) is 15.0. The second kappa shape index (κ2) is 6.84. The van der Waals surface area contributed by atoms with Crippen molar-refractivity contribution in [2.75, 3.05) is 14.1 Å². The van der Waals surface area contributed by atoms with Gasteiger partial charge in [0, 0.05) is 24.1 Å². The van der Waals surface area contributed by atoms with E-state index in [2.05, 4.69) is 44.7 Å². The summed E-state index contributed by atoms with van der Waals surface area (Å²) in [6, 6.07) is 3.59. The first-order chi connectivity index (χ1) is 12.6. The van der Waals surface area contributed by atoms with Gasteiger partial charge in [0.05, 0.1) is 5.57 Å². The van der Waals surface area contributed by atoms with Crippen molar-refractivity contribution in [2.24, 2.45) is 5.10 Å². The number of carbonyl (C=O) groups excluding carboxylic acids is 1. The Bertz CT molecular complexity index is 894. The number of nitrogens with one attached hydrogen (secondary N) is 2. The number of aromatic nitrogens is 3. The first-order valence-electron chi connectivity index (χ1n) is 8.89. The van der Waals surface area contributed by atoms with Crippen LogP contribution in [0.3, 0.4) is 0 Å². The Morgan fingerprint density at radius 2 is 2.12 bits per heavy atom. The molecule has 0 bridgehead atoms. The molecule has 0 radical (unpaired) electrons. The lowest BCUT2D eigenvalue weighted by Crippen LogP contribution is -2.15. The van der Waals surface area contributed by atoms with Crippen LogP contribution in [0.2, 0.25) is 0 Å². The molecule has 1 aliphatic heterocycles. The first kappa shape index (κ1) is 16.7. The van der Waals surface area contributed by atoms with Gasteiger partial charge in [0.15, 0.2) is 0 Å². The topological polar surface area (TPSA) is 86.3 Å². The minimum Gasteiger partial charge on any atom is -0.358 e. The second-order valence-corrected chi connectivity index (χ2v) is 6.99. The molecule has 26 heavy (non-hydrogen) atoms. The molecule has 2 aromatic heterocycles. The van der Waals surface area contributed by atoms with Gasteiger partial charge < -0.3 is 9.88 Å². The fourth-order valence-corrected chi connectivity index (χ4v) is 3.63. The third kappa shape index (κ3) is 3.06. The summed E-state index contributed by atoms with van der Waals surface area (Å²) in [4.78, 5) is 18.1. The Balaban J connectivity index is 1.78. The molecule has 0 aromatic carbocycles. The Hall–Kier alpha value is -2.80. The van der Waals surface area contributed by atoms with E-state index in [1.807, 2.05) is 6.08 Å². The quantitative estimate of drug-likeness (QED) is 0.821. The van der Waals surface area contributed by atoms with E-state index in [1.165, 1.54) is 29.7 Å². The maximum atomic E-state index is 12.4. The van der Waals surface area contributed by atoms with Crippen molar-refractivity contribution >= 4 is 17.7 Å². The zero-order valence-corrected chi connectivity index (χ0v) is 15.0. The van der Waals surface area contributed by atoms with Crippen LogP contribution < -0.4 is 5.43 Å². The van der Waals surface area contributed by atoms with Gasteiger partial charge in [0.25, 0.3) is 5.91 Å². The lowest BCUT2D eigenvalue weighted by Gasteiger charge is -2.15. The molecule has 2 aliphatic rings. The first-order valence-corrected chi connectivity index (χ1v) is 8.89. The summed E-state index contributed by atoms with van der Waals surface area (Å²) in [6.07, 6.45) is 8.09. The average molecular weight is 350 g/mol. The van der Waals surface area contributed by atoms with Crippen LogP contribution in [0.5, 0.6) is 0 Å². The molecule has 4 rings (SSSR count). The van der Waals surface area contributed by atoms with Crippen LogP contribution in [0.25, 0.3) is 6.08 Å². The highest BCUT2D eigenvalue weighted by Gasteiger charge is 2.27. The number of aryl methyl sites for hydroxylation is 1. The van der Waals surface area contributed by atoms with Gasteiger partial charge in [-0.2, -0.15) is 10.2 Å². The van der Waals surface area contributed by atoms with E-state index in [9.17, 15) is 4.79 Å². The Morgan fingerprint density at radius 1 is 1.27 bits per heavy atom. The molecule has 0 unspecified atom stereocenters. The van der Waals surface area contributed by atoms with E-state index in [-0.39, 0.29) is 5.91 Å². The van der Waals surface area contributed by atoms with Gasteiger partial charge in [-0.25, -0.2) is 5.43 Å². The molecule has 134 valence electrons. The summed E-state index contributed by atoms with van der Waals surface area (Å²) in [7, 11) is 4.13. The Labute approximate surface area is 152 Å². The molecule has 1 amide bonds. The van der Waals surface area contributed by atoms with Crippen LogP contribution in [0.4, 0.5) is 0 Å². The average Bonchev–Trinajstić information content (AvgIpc) is 3.17. The molecule has 7 heteroatoms. The van der Waals surface area contributed by atoms with Gasteiger partial charge in [0.2, 0.25) is 0 Å². The lowest BCUT2D eigenvalue weighted by atomic mass is 9.94. The van der Waals surface area contributed by atoms with Gasteiger partial charge in [0.1, 0.15) is 11.4 Å². The maximum absolute atomic E-state index is 12.4. The van der Waals surface area contributed by atoms with E-state index in [1.54, 1.807) is 18.3 Å². The number of amides is 1. The second-order valence-electron chi connectivity index (χ2n) is 6.99. The molecular weight excluding hydrogens is 328 g/mol. The molecule has 0 fully saturated rings. The number of nitrogens with zero attached hydrogens (tertiary/aromatic N) is 4. The summed E-state index contributed by atoms with van der Waals surface area (Å²) < 4.78 is 0. The van der Waals surface area contributed by atoms with Crippen molar-refractivity contribution in [3.63, 3.8) is 0 Å². The summed E-state index contributed by atoms with van der Waals surface area (Å²) in [5.74, 6) is -0.214. The van der Waals surface area contributed by atoms with Crippen LogP contribution in [0, 0.1) is 0 Å². The van der Waals surface area contributed by atoms with Crippen molar-refractivity contribution in [3.8, 4) is 0 Å². The van der Waals surface area contributed by atoms with Crippen LogP contribution in [0.15, 0.2) is 29.0 Å². The molecule has 0 atom stereocenters. The fraction of sp³-hybridized carbons (Fsp3) is 0.368. The predicted octanol–water partition coefficient (Wildman–Crippen LogP) is 1.66.